The van der Waals surface area contributed by atoms with Crippen LogP contribution in [0.25, 0.3) is 0 Å². The van der Waals surface area contributed by atoms with E-state index in [2.05, 4.69) is 0 Å². The van der Waals surface area contributed by atoms with Crippen molar-refractivity contribution in [3.63, 3.8) is 0 Å². The maximum Gasteiger partial charge on any atom is 0.134 e. The highest BCUT2D eigenvalue weighted by atomic mass is 35.5. The van der Waals surface area contributed by atoms with Crippen molar-refractivity contribution in [2.45, 2.75) is 27.2 Å². The second kappa shape index (κ2) is 6.67. The topological polar surface area (TPSA) is 17.1 Å². The van der Waals surface area contributed by atoms with Crippen LogP contribution in [-0.4, -0.2) is 5.78 Å². The molecular formula is C11H15ClO. The molecule has 1 nitrogen and oxygen atoms in total. The van der Waals surface area contributed by atoms with Crippen LogP contribution in [0.15, 0.2) is 24.3 Å². The zero-order valence-corrected chi connectivity index (χ0v) is 9.06. The molecule has 1 aromatic rings. The predicted molar refractivity (Wildman–Crippen MR) is 57.2 cm³/mol. The van der Waals surface area contributed by atoms with Gasteiger partial charge in [-0.25, -0.2) is 0 Å². The van der Waals surface area contributed by atoms with Gasteiger partial charge in [0.25, 0.3) is 0 Å². The normalized spacial score (nSPS) is 8.62. The van der Waals surface area contributed by atoms with Crippen LogP contribution in [0.5, 0.6) is 0 Å². The molecule has 72 valence electrons. The largest absolute Gasteiger partial charge is 0.300 e. The van der Waals surface area contributed by atoms with E-state index in [9.17, 15) is 4.79 Å². The second-order valence-electron chi connectivity index (χ2n) is 2.51. The van der Waals surface area contributed by atoms with Gasteiger partial charge in [0, 0.05) is 11.4 Å². The van der Waals surface area contributed by atoms with Gasteiger partial charge in [0.15, 0.2) is 0 Å². The number of benzene rings is 1. The van der Waals surface area contributed by atoms with Crippen LogP contribution >= 0.6 is 11.6 Å². The summed E-state index contributed by atoms with van der Waals surface area (Å²) in [4.78, 5) is 10.7. The molecule has 0 atom stereocenters. The lowest BCUT2D eigenvalue weighted by Crippen LogP contribution is -1.94. The van der Waals surface area contributed by atoms with Crippen molar-refractivity contribution in [1.29, 1.82) is 0 Å². The monoisotopic (exact) mass is 198 g/mol. The lowest BCUT2D eigenvalue weighted by molar-refractivity contribution is -0.116. The van der Waals surface area contributed by atoms with Gasteiger partial charge in [0.1, 0.15) is 5.78 Å². The molecule has 0 aliphatic heterocycles. The molecule has 0 unspecified atom stereocenters. The lowest BCUT2D eigenvalue weighted by atomic mass is 10.1. The van der Waals surface area contributed by atoms with E-state index in [1.54, 1.807) is 19.1 Å². The van der Waals surface area contributed by atoms with Gasteiger partial charge in [0.05, 0.1) is 0 Å². The lowest BCUT2D eigenvalue weighted by Gasteiger charge is -1.95. The van der Waals surface area contributed by atoms with Crippen LogP contribution in [0, 0.1) is 0 Å². The first-order valence-electron chi connectivity index (χ1n) is 4.42. The first-order chi connectivity index (χ1) is 6.18. The molecule has 0 aromatic heterocycles. The Bertz CT molecular complexity index is 251. The minimum atomic E-state index is 0.173. The van der Waals surface area contributed by atoms with Crippen molar-refractivity contribution >= 4 is 17.4 Å². The number of hydrogen-bond acceptors (Lipinski definition) is 1. The summed E-state index contributed by atoms with van der Waals surface area (Å²) in [5.74, 6) is 0.173. The first kappa shape index (κ1) is 12.2. The van der Waals surface area contributed by atoms with Gasteiger partial charge in [-0.1, -0.05) is 37.6 Å². The molecule has 0 saturated heterocycles. The number of carbonyl (C=O) groups excluding carboxylic acids is 1. The van der Waals surface area contributed by atoms with Crippen molar-refractivity contribution in [2.75, 3.05) is 0 Å². The van der Waals surface area contributed by atoms with Crippen molar-refractivity contribution in [3.05, 3.63) is 34.9 Å². The third kappa shape index (κ3) is 5.42. The van der Waals surface area contributed by atoms with Crippen molar-refractivity contribution in [1.82, 2.24) is 0 Å². The molecule has 13 heavy (non-hydrogen) atoms. The first-order valence-corrected chi connectivity index (χ1v) is 4.80. The molecule has 1 rings (SSSR count). The molecule has 0 saturated carbocycles. The molecule has 0 spiro atoms. The zero-order valence-electron chi connectivity index (χ0n) is 8.30. The second-order valence-corrected chi connectivity index (χ2v) is 2.94. The summed E-state index contributed by atoms with van der Waals surface area (Å²) in [6, 6.07) is 7.31. The van der Waals surface area contributed by atoms with Crippen LogP contribution in [0.1, 0.15) is 26.3 Å². The standard InChI is InChI=1S/C9H9ClO.C2H6/c1-7(11)6-8-2-4-9(10)5-3-8;1-2/h2-5H,6H2,1H3;1-2H3. The third-order valence-electron chi connectivity index (χ3n) is 1.37. The molecule has 1 aromatic carbocycles. The quantitative estimate of drug-likeness (QED) is 0.711. The Morgan fingerprint density at radius 1 is 1.23 bits per heavy atom. The highest BCUT2D eigenvalue weighted by Crippen LogP contribution is 2.09. The van der Waals surface area contributed by atoms with E-state index in [1.165, 1.54) is 0 Å². The highest BCUT2D eigenvalue weighted by molar-refractivity contribution is 6.30. The molecule has 0 N–H and O–H groups in total. The highest BCUT2D eigenvalue weighted by Gasteiger charge is 1.95. The van der Waals surface area contributed by atoms with E-state index >= 15 is 0 Å². The maximum atomic E-state index is 10.7. The molecular weight excluding hydrogens is 184 g/mol. The smallest absolute Gasteiger partial charge is 0.134 e. The zero-order chi connectivity index (χ0) is 10.3. The van der Waals surface area contributed by atoms with Crippen LogP contribution < -0.4 is 0 Å². The Kier molecular flexibility index (Phi) is 6.25. The number of carbonyl (C=O) groups is 1. The summed E-state index contributed by atoms with van der Waals surface area (Å²) in [7, 11) is 0. The molecule has 0 bridgehead atoms. The minimum Gasteiger partial charge on any atom is -0.300 e. The predicted octanol–water partition coefficient (Wildman–Crippen LogP) is 3.50. The minimum absolute atomic E-state index is 0.173. The van der Waals surface area contributed by atoms with Gasteiger partial charge in [0.2, 0.25) is 0 Å². The van der Waals surface area contributed by atoms with Crippen LogP contribution in [0.3, 0.4) is 0 Å². The Morgan fingerprint density at radius 2 is 1.69 bits per heavy atom. The van der Waals surface area contributed by atoms with Gasteiger partial charge in [-0.15, -0.1) is 0 Å². The van der Waals surface area contributed by atoms with Gasteiger partial charge in [-0.05, 0) is 24.6 Å². The number of ketones is 1. The van der Waals surface area contributed by atoms with Crippen molar-refractivity contribution in [3.8, 4) is 0 Å². The molecule has 0 aliphatic rings. The average Bonchev–Trinajstić information content (AvgIpc) is 2.12. The summed E-state index contributed by atoms with van der Waals surface area (Å²) in [6.45, 7) is 5.58. The molecule has 2 heteroatoms. The maximum absolute atomic E-state index is 10.7. The summed E-state index contributed by atoms with van der Waals surface area (Å²) in [5.41, 5.74) is 1.02. The molecule has 0 amide bonds. The third-order valence-corrected chi connectivity index (χ3v) is 1.62. The number of Topliss-reactive ketones (excluding diaryl/α,β-unsaturated/α-hetero) is 1. The van der Waals surface area contributed by atoms with Crippen molar-refractivity contribution in [2.24, 2.45) is 0 Å². The summed E-state index contributed by atoms with van der Waals surface area (Å²) < 4.78 is 0. The molecule has 0 fully saturated rings. The van der Waals surface area contributed by atoms with E-state index < -0.39 is 0 Å². The van der Waals surface area contributed by atoms with Crippen LogP contribution in [-0.2, 0) is 11.2 Å². The van der Waals surface area contributed by atoms with Crippen LogP contribution in [0.4, 0.5) is 0 Å². The summed E-state index contributed by atoms with van der Waals surface area (Å²) in [5, 5.41) is 0.706. The fourth-order valence-corrected chi connectivity index (χ4v) is 1.02. The number of halogens is 1. The Morgan fingerprint density at radius 3 is 2.08 bits per heavy atom. The molecule has 0 aliphatic carbocycles. The Hall–Kier alpha value is -0.820. The van der Waals surface area contributed by atoms with Gasteiger partial charge in [-0.3, -0.25) is 4.79 Å². The SMILES string of the molecule is CC.CC(=O)Cc1ccc(Cl)cc1. The molecule has 0 radical (unpaired) electrons. The summed E-state index contributed by atoms with van der Waals surface area (Å²) in [6.07, 6.45) is 0.497. The Balaban J connectivity index is 0.000000671. The van der Waals surface area contributed by atoms with E-state index in [4.69, 9.17) is 11.6 Å². The van der Waals surface area contributed by atoms with E-state index in [-0.39, 0.29) is 5.78 Å². The van der Waals surface area contributed by atoms with Gasteiger partial charge >= 0.3 is 0 Å². The van der Waals surface area contributed by atoms with E-state index in [0.29, 0.717) is 11.4 Å². The fraction of sp³-hybridized carbons (Fsp3) is 0.364. The van der Waals surface area contributed by atoms with E-state index in [0.717, 1.165) is 5.56 Å². The number of hydrogen-bond donors (Lipinski definition) is 0. The van der Waals surface area contributed by atoms with Gasteiger partial charge < -0.3 is 0 Å². The summed E-state index contributed by atoms with van der Waals surface area (Å²) >= 11 is 5.66. The van der Waals surface area contributed by atoms with Gasteiger partial charge in [-0.2, -0.15) is 0 Å². The number of rotatable bonds is 2. The van der Waals surface area contributed by atoms with Crippen LogP contribution in [0.2, 0.25) is 5.02 Å². The van der Waals surface area contributed by atoms with E-state index in [1.807, 2.05) is 26.0 Å². The fourth-order valence-electron chi connectivity index (χ4n) is 0.890. The van der Waals surface area contributed by atoms with Crippen molar-refractivity contribution < 1.29 is 4.79 Å². The Labute approximate surface area is 84.7 Å². The molecule has 0 heterocycles. The average molecular weight is 199 g/mol.